The normalized spacial score (nSPS) is 27.9. The second kappa shape index (κ2) is 7.03. The third kappa shape index (κ3) is 2.71. The van der Waals surface area contributed by atoms with E-state index in [9.17, 15) is 4.79 Å². The molecule has 1 saturated carbocycles. The van der Waals surface area contributed by atoms with Crippen LogP contribution in [-0.4, -0.2) is 40.3 Å². The highest BCUT2D eigenvalue weighted by atomic mass is 16.5. The Hall–Kier alpha value is -2.14. The van der Waals surface area contributed by atoms with Gasteiger partial charge in [0.1, 0.15) is 5.69 Å². The van der Waals surface area contributed by atoms with Crippen LogP contribution in [0.3, 0.4) is 0 Å². The van der Waals surface area contributed by atoms with Gasteiger partial charge in [-0.25, -0.2) is 0 Å². The van der Waals surface area contributed by atoms with Crippen molar-refractivity contribution in [2.75, 3.05) is 19.8 Å². The van der Waals surface area contributed by atoms with Crippen molar-refractivity contribution in [1.82, 2.24) is 14.7 Å². The molecule has 2 unspecified atom stereocenters. The van der Waals surface area contributed by atoms with E-state index in [1.807, 2.05) is 13.1 Å². The minimum atomic E-state index is -0.125. The van der Waals surface area contributed by atoms with E-state index in [0.29, 0.717) is 11.8 Å². The lowest BCUT2D eigenvalue weighted by molar-refractivity contribution is -0.0873. The average molecular weight is 380 g/mol. The maximum atomic E-state index is 13.6. The van der Waals surface area contributed by atoms with Gasteiger partial charge in [0.25, 0.3) is 5.91 Å². The molecule has 0 radical (unpaired) electrons. The van der Waals surface area contributed by atoms with E-state index in [1.165, 1.54) is 24.8 Å². The summed E-state index contributed by atoms with van der Waals surface area (Å²) in [5, 5.41) is 4.71. The Morgan fingerprint density at radius 2 is 1.93 bits per heavy atom. The van der Waals surface area contributed by atoms with E-state index < -0.39 is 0 Å². The maximum Gasteiger partial charge on any atom is 0.272 e. The molecule has 0 spiro atoms. The maximum absolute atomic E-state index is 13.6. The summed E-state index contributed by atoms with van der Waals surface area (Å²) in [6.45, 7) is 2.44. The molecule has 2 aliphatic heterocycles. The highest BCUT2D eigenvalue weighted by Crippen LogP contribution is 2.54. The van der Waals surface area contributed by atoms with E-state index >= 15 is 0 Å². The van der Waals surface area contributed by atoms with Crippen LogP contribution in [0, 0.1) is 5.92 Å². The topological polar surface area (TPSA) is 47.4 Å². The van der Waals surface area contributed by atoms with Gasteiger partial charge in [-0.05, 0) is 37.3 Å². The smallest absolute Gasteiger partial charge is 0.272 e. The fourth-order valence-electron chi connectivity index (χ4n) is 5.64. The number of aromatic nitrogens is 2. The van der Waals surface area contributed by atoms with Crippen molar-refractivity contribution in [3.8, 4) is 0 Å². The number of nitrogens with zero attached hydrogens (tertiary/aromatic N) is 3. The molecule has 2 atom stereocenters. The number of hydrogen-bond donors (Lipinski definition) is 0. The summed E-state index contributed by atoms with van der Waals surface area (Å²) in [4.78, 5) is 15.8. The van der Waals surface area contributed by atoms with Gasteiger partial charge in [-0.1, -0.05) is 43.2 Å². The lowest BCUT2D eigenvalue weighted by atomic mass is 9.61. The highest BCUT2D eigenvalue weighted by molar-refractivity contribution is 5.94. The summed E-state index contributed by atoms with van der Waals surface area (Å²) in [7, 11) is 1.91. The molecule has 1 aliphatic carbocycles. The predicted molar refractivity (Wildman–Crippen MR) is 107 cm³/mol. The fourth-order valence-corrected chi connectivity index (χ4v) is 5.64. The summed E-state index contributed by atoms with van der Waals surface area (Å²) in [5.74, 6) is 1.12. The molecule has 1 aromatic heterocycles. The van der Waals surface area contributed by atoms with Crippen molar-refractivity contribution in [2.45, 2.75) is 50.0 Å². The molecule has 1 aromatic carbocycles. The third-order valence-corrected chi connectivity index (χ3v) is 7.20. The van der Waals surface area contributed by atoms with E-state index in [0.717, 1.165) is 50.4 Å². The molecule has 5 nitrogen and oxygen atoms in total. The van der Waals surface area contributed by atoms with Gasteiger partial charge in [-0.3, -0.25) is 9.48 Å². The summed E-state index contributed by atoms with van der Waals surface area (Å²) >= 11 is 0. The molecule has 1 amide bonds. The average Bonchev–Trinajstić information content (AvgIpc) is 3.12. The first kappa shape index (κ1) is 17.9. The summed E-state index contributed by atoms with van der Waals surface area (Å²) in [6.07, 6.45) is 6.74. The molecule has 28 heavy (non-hydrogen) atoms. The zero-order chi connectivity index (χ0) is 19.1. The number of hydrogen-bond acceptors (Lipinski definition) is 3. The van der Waals surface area contributed by atoms with Crippen LogP contribution in [0.15, 0.2) is 36.4 Å². The zero-order valence-corrected chi connectivity index (χ0v) is 16.6. The number of ether oxygens (including phenoxy) is 1. The molecule has 0 bridgehead atoms. The molecule has 3 fully saturated rings. The van der Waals surface area contributed by atoms with E-state index in [-0.39, 0.29) is 11.4 Å². The van der Waals surface area contributed by atoms with Gasteiger partial charge in [-0.2, -0.15) is 5.10 Å². The molecular weight excluding hydrogens is 350 g/mol. The van der Waals surface area contributed by atoms with E-state index in [1.54, 1.807) is 4.68 Å². The highest BCUT2D eigenvalue weighted by Gasteiger charge is 2.57. The lowest BCUT2D eigenvalue weighted by Crippen LogP contribution is -2.67. The minimum absolute atomic E-state index is 0.125. The van der Waals surface area contributed by atoms with Gasteiger partial charge in [0.05, 0.1) is 11.2 Å². The first-order chi connectivity index (χ1) is 13.7. The lowest BCUT2D eigenvalue weighted by Gasteiger charge is -2.61. The number of carbonyl (C=O) groups is 1. The standard InChI is InChI=1S/C23H29N3O2/c1-25-21(15-20(24-25)17-10-13-28-14-11-17)22(27)26-16-19-9-5-6-12-23(19,26)18-7-3-2-4-8-18/h2-4,7-8,15,17,19H,5-6,9-14,16H2,1H3. The van der Waals surface area contributed by atoms with Gasteiger partial charge in [-0.15, -0.1) is 0 Å². The molecule has 148 valence electrons. The van der Waals surface area contributed by atoms with Gasteiger partial charge in [0.2, 0.25) is 0 Å². The quantitative estimate of drug-likeness (QED) is 0.814. The number of likely N-dealkylation sites (tertiary alicyclic amines) is 1. The number of amides is 1. The monoisotopic (exact) mass is 379 g/mol. The van der Waals surface area contributed by atoms with Gasteiger partial charge < -0.3 is 9.64 Å². The van der Waals surface area contributed by atoms with Crippen LogP contribution in [0.25, 0.3) is 0 Å². The second-order valence-electron chi connectivity index (χ2n) is 8.61. The third-order valence-electron chi connectivity index (χ3n) is 7.20. The molecule has 5 rings (SSSR count). The van der Waals surface area contributed by atoms with Crippen LogP contribution in [0.5, 0.6) is 0 Å². The van der Waals surface area contributed by atoms with Gasteiger partial charge in [0.15, 0.2) is 0 Å². The van der Waals surface area contributed by atoms with Crippen LogP contribution in [-0.2, 0) is 17.3 Å². The Morgan fingerprint density at radius 3 is 2.68 bits per heavy atom. The first-order valence-corrected chi connectivity index (χ1v) is 10.7. The minimum Gasteiger partial charge on any atom is -0.381 e. The molecular formula is C23H29N3O2. The van der Waals surface area contributed by atoms with Crippen LogP contribution < -0.4 is 0 Å². The SMILES string of the molecule is Cn1nc(C2CCOCC2)cc1C(=O)N1CC2CCCCC21c1ccccc1. The number of benzene rings is 1. The molecule has 2 saturated heterocycles. The van der Waals surface area contributed by atoms with Crippen LogP contribution in [0.2, 0.25) is 0 Å². The molecule has 3 aliphatic rings. The predicted octanol–water partition coefficient (Wildman–Crippen LogP) is 3.86. The molecule has 2 aromatic rings. The Labute approximate surface area is 166 Å². The van der Waals surface area contributed by atoms with Crippen molar-refractivity contribution in [1.29, 1.82) is 0 Å². The van der Waals surface area contributed by atoms with Gasteiger partial charge in [0, 0.05) is 38.6 Å². The van der Waals surface area contributed by atoms with E-state index in [2.05, 4.69) is 35.2 Å². The van der Waals surface area contributed by atoms with Crippen molar-refractivity contribution in [2.24, 2.45) is 13.0 Å². The molecule has 0 N–H and O–H groups in total. The van der Waals surface area contributed by atoms with Crippen molar-refractivity contribution >= 4 is 5.91 Å². The van der Waals surface area contributed by atoms with Crippen molar-refractivity contribution in [3.63, 3.8) is 0 Å². The number of carbonyl (C=O) groups excluding carboxylic acids is 1. The van der Waals surface area contributed by atoms with Crippen LogP contribution >= 0.6 is 0 Å². The Morgan fingerprint density at radius 1 is 1.14 bits per heavy atom. The van der Waals surface area contributed by atoms with Crippen molar-refractivity contribution in [3.05, 3.63) is 53.3 Å². The second-order valence-corrected chi connectivity index (χ2v) is 8.61. The molecule has 3 heterocycles. The number of rotatable bonds is 3. The number of aryl methyl sites for hydroxylation is 1. The number of fused-ring (bicyclic) bond motifs is 1. The largest absolute Gasteiger partial charge is 0.381 e. The van der Waals surface area contributed by atoms with Gasteiger partial charge >= 0.3 is 0 Å². The Bertz CT molecular complexity index is 856. The Kier molecular flexibility index (Phi) is 4.50. The summed E-state index contributed by atoms with van der Waals surface area (Å²) < 4.78 is 7.28. The van der Waals surface area contributed by atoms with Crippen LogP contribution in [0.1, 0.15) is 66.2 Å². The summed E-state index contributed by atoms with van der Waals surface area (Å²) in [5.41, 5.74) is 2.94. The van der Waals surface area contributed by atoms with Crippen molar-refractivity contribution < 1.29 is 9.53 Å². The van der Waals surface area contributed by atoms with E-state index in [4.69, 9.17) is 9.84 Å². The summed E-state index contributed by atoms with van der Waals surface area (Å²) in [6, 6.07) is 12.7. The first-order valence-electron chi connectivity index (χ1n) is 10.7. The molecule has 5 heteroatoms. The fraction of sp³-hybridized carbons (Fsp3) is 0.565. The zero-order valence-electron chi connectivity index (χ0n) is 16.6. The van der Waals surface area contributed by atoms with Crippen LogP contribution in [0.4, 0.5) is 0 Å². The Balaban J connectivity index is 1.46.